The lowest BCUT2D eigenvalue weighted by molar-refractivity contribution is 0.0337. The molecule has 1 rings (SSSR count). The Morgan fingerprint density at radius 1 is 1.33 bits per heavy atom. The van der Waals surface area contributed by atoms with Gasteiger partial charge in [0.05, 0.1) is 6.54 Å². The summed E-state index contributed by atoms with van der Waals surface area (Å²) in [4.78, 5) is 21.3. The first-order valence-corrected chi connectivity index (χ1v) is 5.89. The maximum Gasteiger partial charge on any atom is 0.408 e. The van der Waals surface area contributed by atoms with Crippen LogP contribution in [0.1, 0.15) is 25.8 Å². The highest BCUT2D eigenvalue weighted by Gasteiger charge is 2.22. The van der Waals surface area contributed by atoms with Crippen LogP contribution in [0, 0.1) is 0 Å². The lowest BCUT2D eigenvalue weighted by Crippen LogP contribution is -2.35. The molecule has 1 radical (unpaired) electrons. The predicted molar refractivity (Wildman–Crippen MR) is 69.0 cm³/mol. The fraction of sp³-hybridized carbons (Fsp3) is 0.429. The van der Waals surface area contributed by atoms with Crippen LogP contribution < -0.4 is 5.32 Å². The Morgan fingerprint density at radius 2 is 2.00 bits per heavy atom. The third-order valence-electron chi connectivity index (χ3n) is 2.53. The molecule has 0 bridgehead atoms. The average Bonchev–Trinajstić information content (AvgIpc) is 2.35. The van der Waals surface area contributed by atoms with E-state index >= 15 is 0 Å². The van der Waals surface area contributed by atoms with Gasteiger partial charge in [-0.1, -0.05) is 30.3 Å². The molecule has 1 aromatic rings. The maximum absolute atomic E-state index is 11.3. The number of carbonyl (C=O) groups is 1. The van der Waals surface area contributed by atoms with Crippen LogP contribution in [-0.2, 0) is 16.0 Å². The van der Waals surface area contributed by atoms with Crippen molar-refractivity contribution in [3.05, 3.63) is 35.9 Å². The van der Waals surface area contributed by atoms with Crippen LogP contribution in [0.2, 0.25) is 0 Å². The number of aryl methyl sites for hydroxylation is 1. The van der Waals surface area contributed by atoms with Crippen LogP contribution in [0.15, 0.2) is 30.3 Å². The number of benzene rings is 1. The quantitative estimate of drug-likeness (QED) is 0.840. The molecule has 1 aromatic carbocycles. The van der Waals surface area contributed by atoms with Gasteiger partial charge in [-0.25, -0.2) is 4.79 Å². The third-order valence-corrected chi connectivity index (χ3v) is 2.53. The van der Waals surface area contributed by atoms with Crippen LogP contribution in [0.4, 0.5) is 4.79 Å². The zero-order valence-corrected chi connectivity index (χ0v) is 10.7. The Bertz CT molecular complexity index is 387. The molecule has 0 aromatic heterocycles. The number of alkyl carbamates (subject to hydrolysis) is 1. The summed E-state index contributed by atoms with van der Waals surface area (Å²) in [5, 5.41) is 2.30. The van der Waals surface area contributed by atoms with E-state index in [1.807, 2.05) is 44.2 Å². The van der Waals surface area contributed by atoms with Gasteiger partial charge in [0.15, 0.2) is 0 Å². The summed E-state index contributed by atoms with van der Waals surface area (Å²) in [6, 6.07) is 10.0. The van der Waals surface area contributed by atoms with E-state index in [4.69, 9.17) is 4.74 Å². The standard InChI is InChI=1S/C14H18NO3/c1-14(2,18-13(17)15-10-11-16)9-8-12-6-4-3-5-7-12/h3-7H,8-10H2,1-2H3,(H,15,17). The second-order valence-electron chi connectivity index (χ2n) is 4.63. The summed E-state index contributed by atoms with van der Waals surface area (Å²) >= 11 is 0. The lowest BCUT2D eigenvalue weighted by atomic mass is 9.99. The summed E-state index contributed by atoms with van der Waals surface area (Å²) in [7, 11) is 0. The number of hydrogen-bond donors (Lipinski definition) is 1. The molecule has 0 spiro atoms. The molecule has 0 fully saturated rings. The molecule has 0 heterocycles. The van der Waals surface area contributed by atoms with Crippen LogP contribution in [-0.4, -0.2) is 24.5 Å². The van der Waals surface area contributed by atoms with Crippen LogP contribution in [0.25, 0.3) is 0 Å². The Morgan fingerprint density at radius 3 is 2.61 bits per heavy atom. The second kappa shape index (κ2) is 6.79. The molecule has 0 saturated heterocycles. The zero-order chi connectivity index (χ0) is 13.4. The number of amides is 1. The predicted octanol–water partition coefficient (Wildman–Crippen LogP) is 2.23. The molecule has 1 amide bonds. The van der Waals surface area contributed by atoms with Gasteiger partial charge in [0.25, 0.3) is 0 Å². The van der Waals surface area contributed by atoms with E-state index in [0.717, 1.165) is 12.8 Å². The fourth-order valence-electron chi connectivity index (χ4n) is 1.54. The van der Waals surface area contributed by atoms with Crippen molar-refractivity contribution in [1.82, 2.24) is 5.32 Å². The lowest BCUT2D eigenvalue weighted by Gasteiger charge is -2.25. The van der Waals surface area contributed by atoms with E-state index in [1.54, 1.807) is 6.29 Å². The third kappa shape index (κ3) is 5.48. The Balaban J connectivity index is 2.39. The van der Waals surface area contributed by atoms with Gasteiger partial charge in [-0.15, -0.1) is 0 Å². The monoisotopic (exact) mass is 248 g/mol. The molecule has 0 aliphatic carbocycles. The molecule has 0 aliphatic heterocycles. The molecule has 0 aliphatic rings. The maximum atomic E-state index is 11.3. The molecule has 1 N–H and O–H groups in total. The van der Waals surface area contributed by atoms with Crippen molar-refractivity contribution in [2.45, 2.75) is 32.3 Å². The van der Waals surface area contributed by atoms with Crippen molar-refractivity contribution in [2.24, 2.45) is 0 Å². The summed E-state index contributed by atoms with van der Waals surface area (Å²) in [5.41, 5.74) is 0.638. The second-order valence-corrected chi connectivity index (χ2v) is 4.63. The normalized spacial score (nSPS) is 10.8. The van der Waals surface area contributed by atoms with E-state index < -0.39 is 11.7 Å². The van der Waals surface area contributed by atoms with Crippen molar-refractivity contribution in [3.8, 4) is 0 Å². The van der Waals surface area contributed by atoms with Crippen molar-refractivity contribution in [1.29, 1.82) is 0 Å². The van der Waals surface area contributed by atoms with Gasteiger partial charge >= 0.3 is 6.09 Å². The van der Waals surface area contributed by atoms with Crippen LogP contribution in [0.3, 0.4) is 0 Å². The van der Waals surface area contributed by atoms with E-state index in [1.165, 1.54) is 5.56 Å². The molecular formula is C14H18NO3. The largest absolute Gasteiger partial charge is 0.444 e. The summed E-state index contributed by atoms with van der Waals surface area (Å²) in [6.07, 6.45) is 2.55. The molecule has 0 unspecified atom stereocenters. The first kappa shape index (κ1) is 14.2. The highest BCUT2D eigenvalue weighted by Crippen LogP contribution is 2.18. The molecule has 18 heavy (non-hydrogen) atoms. The Labute approximate surface area is 107 Å². The minimum atomic E-state index is -0.587. The fourth-order valence-corrected chi connectivity index (χ4v) is 1.54. The minimum Gasteiger partial charge on any atom is -0.444 e. The zero-order valence-electron chi connectivity index (χ0n) is 10.7. The van der Waals surface area contributed by atoms with Crippen molar-refractivity contribution >= 4 is 12.4 Å². The molecular weight excluding hydrogens is 230 g/mol. The van der Waals surface area contributed by atoms with E-state index in [9.17, 15) is 9.59 Å². The topological polar surface area (TPSA) is 55.4 Å². The van der Waals surface area contributed by atoms with Gasteiger partial charge in [-0.2, -0.15) is 0 Å². The molecule has 4 heteroatoms. The minimum absolute atomic E-state index is 0.145. The molecule has 0 saturated carbocycles. The average molecular weight is 248 g/mol. The van der Waals surface area contributed by atoms with Gasteiger partial charge in [0.1, 0.15) is 5.60 Å². The van der Waals surface area contributed by atoms with E-state index in [0.29, 0.717) is 0 Å². The van der Waals surface area contributed by atoms with Crippen LogP contribution >= 0.6 is 0 Å². The number of ether oxygens (including phenoxy) is 1. The first-order valence-electron chi connectivity index (χ1n) is 5.89. The SMILES string of the molecule is CC(C)(CCc1ccccc1)OC(=O)NC[C]=O. The molecule has 97 valence electrons. The first-order chi connectivity index (χ1) is 8.53. The van der Waals surface area contributed by atoms with Gasteiger partial charge in [0.2, 0.25) is 6.29 Å². The highest BCUT2D eigenvalue weighted by atomic mass is 16.6. The van der Waals surface area contributed by atoms with E-state index in [-0.39, 0.29) is 6.54 Å². The van der Waals surface area contributed by atoms with Crippen molar-refractivity contribution in [2.75, 3.05) is 6.54 Å². The van der Waals surface area contributed by atoms with Gasteiger partial charge in [-0.3, -0.25) is 4.79 Å². The van der Waals surface area contributed by atoms with Crippen molar-refractivity contribution < 1.29 is 14.3 Å². The Kier molecular flexibility index (Phi) is 5.36. The summed E-state index contributed by atoms with van der Waals surface area (Å²) in [5.74, 6) is 0. The smallest absolute Gasteiger partial charge is 0.408 e. The van der Waals surface area contributed by atoms with E-state index in [2.05, 4.69) is 5.32 Å². The number of nitrogens with one attached hydrogen (secondary N) is 1. The number of hydrogen-bond acceptors (Lipinski definition) is 3. The summed E-state index contributed by atoms with van der Waals surface area (Å²) < 4.78 is 5.23. The van der Waals surface area contributed by atoms with Crippen LogP contribution in [0.5, 0.6) is 0 Å². The Hall–Kier alpha value is -1.84. The number of carbonyl (C=O) groups excluding carboxylic acids is 2. The summed E-state index contributed by atoms with van der Waals surface area (Å²) in [6.45, 7) is 3.55. The molecule has 0 atom stereocenters. The van der Waals surface area contributed by atoms with Gasteiger partial charge in [-0.05, 0) is 32.3 Å². The highest BCUT2D eigenvalue weighted by molar-refractivity contribution is 5.71. The van der Waals surface area contributed by atoms with Gasteiger partial charge < -0.3 is 10.1 Å². The van der Waals surface area contributed by atoms with Gasteiger partial charge in [0, 0.05) is 0 Å². The van der Waals surface area contributed by atoms with Crippen molar-refractivity contribution in [3.63, 3.8) is 0 Å². The molecule has 4 nitrogen and oxygen atoms in total. The number of rotatable bonds is 6.